The highest BCUT2D eigenvalue weighted by Gasteiger charge is 2.36. The first-order valence-electron chi connectivity index (χ1n) is 27.4. The third-order valence-electron chi connectivity index (χ3n) is 15.6. The lowest BCUT2D eigenvalue weighted by molar-refractivity contribution is -0.154. The third kappa shape index (κ3) is 13.8. The van der Waals surface area contributed by atoms with E-state index in [1.54, 1.807) is 27.7 Å². The molecular weight excluding hydrogens is 1080 g/mol. The molecule has 0 bridgehead atoms. The minimum absolute atomic E-state index is 0.191. The van der Waals surface area contributed by atoms with Crippen LogP contribution in [-0.2, 0) is 72.0 Å². The van der Waals surface area contributed by atoms with Gasteiger partial charge in [0.25, 0.3) is 0 Å². The molecule has 0 amide bonds. The molecule has 0 aliphatic rings. The Morgan fingerprint density at radius 2 is 0.810 bits per heavy atom. The van der Waals surface area contributed by atoms with Crippen LogP contribution in [0.1, 0.15) is 95.2 Å². The highest BCUT2D eigenvalue weighted by Crippen LogP contribution is 2.37. The first-order valence-corrected chi connectivity index (χ1v) is 27.4. The number of rotatable bonds is 18. The van der Waals surface area contributed by atoms with Crippen molar-refractivity contribution in [1.29, 1.82) is 0 Å². The minimum atomic E-state index is -4.55. The van der Waals surface area contributed by atoms with Crippen LogP contribution in [0.4, 0.5) is 26.3 Å². The number of aryl methyl sites for hydroxylation is 2. The number of furan rings is 2. The number of carboxylic acids is 2. The number of fused-ring (bicyclic) bond motifs is 2. The van der Waals surface area contributed by atoms with Gasteiger partial charge in [0.05, 0.1) is 23.9 Å². The van der Waals surface area contributed by atoms with Gasteiger partial charge in [-0.3, -0.25) is 19.4 Å². The highest BCUT2D eigenvalue weighted by atomic mass is 19.4. The quantitative estimate of drug-likeness (QED) is 0.0818. The second kappa shape index (κ2) is 24.6. The first kappa shape index (κ1) is 59.9. The smallest absolute Gasteiger partial charge is 0.449 e. The van der Waals surface area contributed by atoms with Crippen LogP contribution in [0.2, 0.25) is 0 Å². The molecule has 0 saturated carbocycles. The van der Waals surface area contributed by atoms with Crippen molar-refractivity contribution in [3.63, 3.8) is 0 Å². The molecule has 8 aromatic carbocycles. The van der Waals surface area contributed by atoms with E-state index in [1.165, 1.54) is 12.1 Å². The minimum Gasteiger partial charge on any atom is -0.481 e. The van der Waals surface area contributed by atoms with Crippen LogP contribution in [0, 0.1) is 13.8 Å². The van der Waals surface area contributed by atoms with Gasteiger partial charge in [0.1, 0.15) is 11.5 Å². The molecule has 0 saturated heterocycles. The van der Waals surface area contributed by atoms with Gasteiger partial charge in [0.15, 0.2) is 0 Å². The molecule has 2 aromatic heterocycles. The summed E-state index contributed by atoms with van der Waals surface area (Å²) in [5, 5.41) is 23.7. The molecule has 14 heteroatoms. The summed E-state index contributed by atoms with van der Waals surface area (Å²) < 4.78 is 89.8. The second-order valence-corrected chi connectivity index (χ2v) is 22.4. The molecule has 2 N–H and O–H groups in total. The molecule has 0 radical (unpaired) electrons. The van der Waals surface area contributed by atoms with E-state index in [0.29, 0.717) is 26.2 Å². The summed E-state index contributed by atoms with van der Waals surface area (Å²) >= 11 is 0. The van der Waals surface area contributed by atoms with E-state index in [2.05, 4.69) is 52.3 Å². The number of benzene rings is 8. The van der Waals surface area contributed by atoms with Crippen molar-refractivity contribution < 1.29 is 55.0 Å². The van der Waals surface area contributed by atoms with Crippen LogP contribution in [0.3, 0.4) is 0 Å². The molecule has 2 heterocycles. The Morgan fingerprint density at radius 3 is 1.23 bits per heavy atom. The molecule has 0 spiro atoms. The van der Waals surface area contributed by atoms with E-state index in [0.717, 1.165) is 100 Å². The van der Waals surface area contributed by atoms with Gasteiger partial charge in [-0.1, -0.05) is 170 Å². The summed E-state index contributed by atoms with van der Waals surface area (Å²) in [6, 6.07) is 60.1. The van der Waals surface area contributed by atoms with Gasteiger partial charge < -0.3 is 19.0 Å². The Morgan fingerprint density at radius 1 is 0.417 bits per heavy atom. The number of nitrogens with zero attached hydrogens (tertiary/aromatic N) is 2. The van der Waals surface area contributed by atoms with Gasteiger partial charge >= 0.3 is 24.3 Å². The molecule has 10 aromatic rings. The van der Waals surface area contributed by atoms with E-state index < -0.39 is 46.6 Å². The standard InChI is InChI=1S/2C35H32F3NO3/c1-23-12-15-25-8-4-5-9-28(25)30(23)22-39(21-27-18-19-32(42-27)35(36,37)38)20-24-13-16-26(17-14-24)29-10-6-7-11-31(29)34(2,3)33(40)41;1-23-8-11-27-6-4-5-7-30(27)31(23)22-39(21-29-18-19-32(42-29)35(36,37)38)20-24-9-12-25(13-10-24)26-14-16-28(17-15-26)34(2,3)33(40)41/h2*4-19H,20-22H2,1-3H3,(H,40,41). The number of halogens is 6. The fourth-order valence-electron chi connectivity index (χ4n) is 10.5. The average molecular weight is 1140 g/mol. The fraction of sp³-hybridized carbons (Fsp3) is 0.229. The number of alkyl halides is 6. The van der Waals surface area contributed by atoms with Crippen LogP contribution in [0.5, 0.6) is 0 Å². The summed E-state index contributed by atoms with van der Waals surface area (Å²) in [5.41, 5.74) is 9.48. The van der Waals surface area contributed by atoms with E-state index in [1.807, 2.05) is 141 Å². The normalized spacial score (nSPS) is 12.3. The van der Waals surface area contributed by atoms with Crippen LogP contribution in [0.15, 0.2) is 203 Å². The van der Waals surface area contributed by atoms with E-state index >= 15 is 0 Å². The van der Waals surface area contributed by atoms with Crippen molar-refractivity contribution in [2.75, 3.05) is 0 Å². The van der Waals surface area contributed by atoms with Gasteiger partial charge in [-0.15, -0.1) is 0 Å². The topological polar surface area (TPSA) is 107 Å². The second-order valence-electron chi connectivity index (χ2n) is 22.4. The molecule has 0 aliphatic carbocycles. The lowest BCUT2D eigenvalue weighted by Gasteiger charge is -2.25. The first-order chi connectivity index (χ1) is 39.8. The number of hydrogen-bond acceptors (Lipinski definition) is 6. The predicted molar refractivity (Wildman–Crippen MR) is 316 cm³/mol. The van der Waals surface area contributed by atoms with Crippen LogP contribution >= 0.6 is 0 Å². The molecule has 432 valence electrons. The summed E-state index contributed by atoms with van der Waals surface area (Å²) in [5.74, 6) is -3.31. The van der Waals surface area contributed by atoms with E-state index in [9.17, 15) is 46.1 Å². The Balaban J connectivity index is 0.000000202. The maximum Gasteiger partial charge on any atom is 0.449 e. The molecule has 10 rings (SSSR count). The van der Waals surface area contributed by atoms with Gasteiger partial charge in [-0.05, 0) is 154 Å². The highest BCUT2D eigenvalue weighted by molar-refractivity contribution is 5.88. The largest absolute Gasteiger partial charge is 0.481 e. The Labute approximate surface area is 484 Å². The van der Waals surface area contributed by atoms with Crippen LogP contribution in [0.25, 0.3) is 43.8 Å². The Hall–Kier alpha value is -8.72. The van der Waals surface area contributed by atoms with Crippen molar-refractivity contribution >= 4 is 33.5 Å². The summed E-state index contributed by atoms with van der Waals surface area (Å²) in [7, 11) is 0. The maximum absolute atomic E-state index is 13.2. The van der Waals surface area contributed by atoms with Gasteiger partial charge in [0.2, 0.25) is 11.5 Å². The zero-order chi connectivity index (χ0) is 60.1. The summed E-state index contributed by atoms with van der Waals surface area (Å²) in [4.78, 5) is 27.7. The molecule has 0 fully saturated rings. The number of hydrogen-bond donors (Lipinski definition) is 2. The molecule has 0 atom stereocenters. The lowest BCUT2D eigenvalue weighted by atomic mass is 9.80. The third-order valence-corrected chi connectivity index (χ3v) is 15.6. The van der Waals surface area contributed by atoms with Gasteiger partial charge in [-0.2, -0.15) is 26.3 Å². The Bertz CT molecular complexity index is 3930. The molecule has 84 heavy (non-hydrogen) atoms. The molecule has 8 nitrogen and oxygen atoms in total. The maximum atomic E-state index is 13.2. The monoisotopic (exact) mass is 1140 g/mol. The van der Waals surface area contributed by atoms with Crippen molar-refractivity contribution in [3.05, 3.63) is 262 Å². The fourth-order valence-corrected chi connectivity index (χ4v) is 10.5. The van der Waals surface area contributed by atoms with Crippen LogP contribution in [-0.4, -0.2) is 32.0 Å². The number of carbonyl (C=O) groups is 2. The Kier molecular flexibility index (Phi) is 17.6. The number of carboxylic acid groups (broad SMARTS) is 2. The van der Waals surface area contributed by atoms with Crippen molar-refractivity contribution in [2.24, 2.45) is 0 Å². The zero-order valence-electron chi connectivity index (χ0n) is 47.4. The van der Waals surface area contributed by atoms with Crippen molar-refractivity contribution in [3.8, 4) is 22.3 Å². The molecule has 0 unspecified atom stereocenters. The van der Waals surface area contributed by atoms with E-state index in [-0.39, 0.29) is 24.6 Å². The van der Waals surface area contributed by atoms with Gasteiger partial charge in [0, 0.05) is 26.2 Å². The van der Waals surface area contributed by atoms with E-state index in [4.69, 9.17) is 8.83 Å². The van der Waals surface area contributed by atoms with Crippen molar-refractivity contribution in [2.45, 2.75) is 104 Å². The van der Waals surface area contributed by atoms with Gasteiger partial charge in [-0.25, -0.2) is 0 Å². The lowest BCUT2D eigenvalue weighted by Crippen LogP contribution is -2.29. The van der Waals surface area contributed by atoms with Crippen molar-refractivity contribution in [1.82, 2.24) is 9.80 Å². The zero-order valence-corrected chi connectivity index (χ0v) is 47.4. The average Bonchev–Trinajstić information content (AvgIpc) is 4.06. The molecule has 0 aliphatic heterocycles. The predicted octanol–water partition coefficient (Wildman–Crippen LogP) is 18.0. The number of aliphatic carboxylic acids is 2. The van der Waals surface area contributed by atoms with Crippen LogP contribution < -0.4 is 0 Å². The summed E-state index contributed by atoms with van der Waals surface area (Å²) in [6.07, 6.45) is -9.08. The summed E-state index contributed by atoms with van der Waals surface area (Å²) in [6.45, 7) is 13.2. The SMILES string of the molecule is Cc1ccc2ccccc2c1CN(Cc1ccc(-c2ccc(C(C)(C)C(=O)O)cc2)cc1)Cc1ccc(C(F)(F)F)o1.Cc1ccc2ccccc2c1CN(Cc1ccc(-c2ccccc2C(C)(C)C(=O)O)cc1)Cc1ccc(C(F)(F)F)o1. The molecular formula is C70H64F6N2O6.